The van der Waals surface area contributed by atoms with Crippen LogP contribution in [0.5, 0.6) is 0 Å². The Hall–Kier alpha value is -4.69. The van der Waals surface area contributed by atoms with Gasteiger partial charge in [0.25, 0.3) is 5.91 Å². The lowest BCUT2D eigenvalue weighted by atomic mass is 10.0. The van der Waals surface area contributed by atoms with E-state index in [9.17, 15) is 14.4 Å². The van der Waals surface area contributed by atoms with E-state index in [-0.39, 0.29) is 11.5 Å². The van der Waals surface area contributed by atoms with E-state index in [4.69, 9.17) is 8.83 Å². The maximum atomic E-state index is 13.1. The molecule has 1 aliphatic heterocycles. The third-order valence-electron chi connectivity index (χ3n) is 7.14. The molecule has 0 bridgehead atoms. The van der Waals surface area contributed by atoms with Gasteiger partial charge < -0.3 is 19.1 Å². The van der Waals surface area contributed by atoms with Crippen LogP contribution in [-0.2, 0) is 0 Å². The Morgan fingerprint density at radius 1 is 0.795 bits per heavy atom. The van der Waals surface area contributed by atoms with Gasteiger partial charge in [-0.15, -0.1) is 0 Å². The number of anilines is 1. The lowest BCUT2D eigenvalue weighted by Gasteiger charge is -2.34. The van der Waals surface area contributed by atoms with Crippen molar-refractivity contribution in [2.24, 2.45) is 0 Å². The molecule has 0 radical (unpaired) electrons. The minimum absolute atomic E-state index is 0.0210. The Balaban J connectivity index is 1.04. The summed E-state index contributed by atoms with van der Waals surface area (Å²) in [5, 5.41) is 5.08. The number of nitrogens with one attached hydrogen (secondary N) is 1. The Morgan fingerprint density at radius 3 is 2.31 bits per heavy atom. The zero-order valence-electron chi connectivity index (χ0n) is 21.3. The number of nitrogens with zero attached hydrogens (tertiary/aromatic N) is 2. The van der Waals surface area contributed by atoms with Gasteiger partial charge in [0.1, 0.15) is 11.2 Å². The van der Waals surface area contributed by atoms with E-state index in [2.05, 4.69) is 10.2 Å². The summed E-state index contributed by atoms with van der Waals surface area (Å²) >= 11 is 0. The number of carbonyl (C=O) groups is 1. The maximum absolute atomic E-state index is 13.1. The van der Waals surface area contributed by atoms with Crippen LogP contribution in [0.3, 0.4) is 0 Å². The van der Waals surface area contributed by atoms with Gasteiger partial charge in [0.05, 0.1) is 11.3 Å². The van der Waals surface area contributed by atoms with Gasteiger partial charge >= 0.3 is 11.3 Å². The van der Waals surface area contributed by atoms with Crippen molar-refractivity contribution in [1.82, 2.24) is 9.80 Å². The van der Waals surface area contributed by atoms with E-state index >= 15 is 0 Å². The van der Waals surface area contributed by atoms with Crippen LogP contribution < -0.4 is 16.6 Å². The molecule has 1 amide bonds. The molecule has 2 aromatic heterocycles. The molecule has 0 atom stereocenters. The summed E-state index contributed by atoms with van der Waals surface area (Å²) in [5.74, 6) is -0.0210. The van der Waals surface area contributed by atoms with Gasteiger partial charge in [-0.3, -0.25) is 9.69 Å². The molecule has 0 unspecified atom stereocenters. The highest BCUT2D eigenvalue weighted by molar-refractivity contribution is 5.95. The van der Waals surface area contributed by atoms with Crippen molar-refractivity contribution in [3.8, 4) is 11.1 Å². The number of carbonyl (C=O) groups excluding carboxylic acids is 1. The lowest BCUT2D eigenvalue weighted by molar-refractivity contribution is 0.0642. The van der Waals surface area contributed by atoms with Crippen molar-refractivity contribution in [2.45, 2.75) is 0 Å². The van der Waals surface area contributed by atoms with E-state index in [1.807, 2.05) is 47.4 Å². The fourth-order valence-corrected chi connectivity index (χ4v) is 5.02. The second-order valence-corrected chi connectivity index (χ2v) is 9.60. The van der Waals surface area contributed by atoms with Crippen molar-refractivity contribution >= 4 is 33.5 Å². The molecule has 0 saturated carbocycles. The van der Waals surface area contributed by atoms with Crippen molar-refractivity contribution in [2.75, 3.05) is 44.6 Å². The predicted octanol–water partition coefficient (Wildman–Crippen LogP) is 4.44. The second-order valence-electron chi connectivity index (χ2n) is 9.60. The SMILES string of the molecule is O=C(c1ccc(-c2cc3ccccc3oc2=O)cc1)N1CCN(CCNc2cc(=O)oc3ccccc23)CC1. The number of hydrogen-bond acceptors (Lipinski definition) is 7. The number of piperazine rings is 1. The first-order chi connectivity index (χ1) is 19.0. The quantitative estimate of drug-likeness (QED) is 0.330. The zero-order valence-corrected chi connectivity index (χ0v) is 21.3. The number of amides is 1. The predicted molar refractivity (Wildman–Crippen MR) is 151 cm³/mol. The molecule has 5 aromatic rings. The molecule has 3 heterocycles. The molecule has 0 aliphatic carbocycles. The largest absolute Gasteiger partial charge is 0.423 e. The molecule has 196 valence electrons. The third-order valence-corrected chi connectivity index (χ3v) is 7.14. The summed E-state index contributed by atoms with van der Waals surface area (Å²) in [7, 11) is 0. The van der Waals surface area contributed by atoms with E-state index in [1.165, 1.54) is 6.07 Å². The molecule has 1 N–H and O–H groups in total. The van der Waals surface area contributed by atoms with Gasteiger partial charge in [-0.2, -0.15) is 0 Å². The summed E-state index contributed by atoms with van der Waals surface area (Å²) in [4.78, 5) is 41.6. The van der Waals surface area contributed by atoms with Crippen molar-refractivity contribution in [3.63, 3.8) is 0 Å². The normalized spacial score (nSPS) is 14.1. The molecule has 8 heteroatoms. The van der Waals surface area contributed by atoms with E-state index in [0.717, 1.165) is 36.1 Å². The van der Waals surface area contributed by atoms with E-state index < -0.39 is 5.63 Å². The summed E-state index contributed by atoms with van der Waals surface area (Å²) in [6, 6.07) is 25.3. The summed E-state index contributed by atoms with van der Waals surface area (Å²) in [6.45, 7) is 4.26. The van der Waals surface area contributed by atoms with Crippen LogP contribution in [0.25, 0.3) is 33.1 Å². The highest BCUT2D eigenvalue weighted by Gasteiger charge is 2.22. The van der Waals surface area contributed by atoms with Crippen LogP contribution in [0.1, 0.15) is 10.4 Å². The first-order valence-electron chi connectivity index (χ1n) is 13.0. The van der Waals surface area contributed by atoms with Gasteiger partial charge in [-0.25, -0.2) is 9.59 Å². The average Bonchev–Trinajstić information content (AvgIpc) is 2.97. The standard InChI is InChI=1S/C31H27N3O5/c35-29-20-26(24-6-2-4-8-28(24)38-29)32-13-14-33-15-17-34(18-16-33)30(36)22-11-9-21(10-12-22)25-19-23-5-1-3-7-27(23)39-31(25)37/h1-12,19-20,32H,13-18H2. The van der Waals surface area contributed by atoms with Crippen LogP contribution in [0.2, 0.25) is 0 Å². The number of hydrogen-bond donors (Lipinski definition) is 1. The van der Waals surface area contributed by atoms with Crippen molar-refractivity contribution in [3.05, 3.63) is 111 Å². The first-order valence-corrected chi connectivity index (χ1v) is 13.0. The molecule has 0 spiro atoms. The van der Waals surface area contributed by atoms with Crippen LogP contribution in [0.4, 0.5) is 5.69 Å². The smallest absolute Gasteiger partial charge is 0.344 e. The fraction of sp³-hybridized carbons (Fsp3) is 0.194. The maximum Gasteiger partial charge on any atom is 0.344 e. The molecular formula is C31H27N3O5. The van der Waals surface area contributed by atoms with Gasteiger partial charge in [0, 0.05) is 61.7 Å². The number of fused-ring (bicyclic) bond motifs is 2. The Labute approximate surface area is 224 Å². The highest BCUT2D eigenvalue weighted by atomic mass is 16.4. The topological polar surface area (TPSA) is 96.0 Å². The minimum atomic E-state index is -0.401. The Kier molecular flexibility index (Phi) is 6.69. The van der Waals surface area contributed by atoms with Crippen LogP contribution >= 0.6 is 0 Å². The second kappa shape index (κ2) is 10.6. The molecule has 8 nitrogen and oxygen atoms in total. The van der Waals surface area contributed by atoms with Crippen LogP contribution in [-0.4, -0.2) is 55.0 Å². The van der Waals surface area contributed by atoms with Crippen molar-refractivity contribution < 1.29 is 13.6 Å². The van der Waals surface area contributed by atoms with E-state index in [0.29, 0.717) is 47.5 Å². The Bertz CT molecular complexity index is 1770. The third kappa shape index (κ3) is 5.19. The summed E-state index contributed by atoms with van der Waals surface area (Å²) < 4.78 is 10.7. The number of rotatable bonds is 6. The van der Waals surface area contributed by atoms with Crippen LogP contribution in [0, 0.1) is 0 Å². The summed E-state index contributed by atoms with van der Waals surface area (Å²) in [6.07, 6.45) is 0. The minimum Gasteiger partial charge on any atom is -0.423 e. The fourth-order valence-electron chi connectivity index (χ4n) is 5.02. The Morgan fingerprint density at radius 2 is 1.51 bits per heavy atom. The molecule has 1 saturated heterocycles. The highest BCUT2D eigenvalue weighted by Crippen LogP contribution is 2.23. The van der Waals surface area contributed by atoms with Gasteiger partial charge in [-0.1, -0.05) is 42.5 Å². The van der Waals surface area contributed by atoms with Gasteiger partial charge in [0.2, 0.25) is 0 Å². The zero-order chi connectivity index (χ0) is 26.8. The average molecular weight is 522 g/mol. The number of para-hydroxylation sites is 2. The van der Waals surface area contributed by atoms with Gasteiger partial charge in [0.15, 0.2) is 0 Å². The first kappa shape index (κ1) is 24.6. The summed E-state index contributed by atoms with van der Waals surface area (Å²) in [5.41, 5.74) is 2.88. The van der Waals surface area contributed by atoms with E-state index in [1.54, 1.807) is 36.4 Å². The monoisotopic (exact) mass is 521 g/mol. The molecular weight excluding hydrogens is 494 g/mol. The molecule has 6 rings (SSSR count). The molecule has 1 fully saturated rings. The lowest BCUT2D eigenvalue weighted by Crippen LogP contribution is -2.49. The molecule has 39 heavy (non-hydrogen) atoms. The van der Waals surface area contributed by atoms with Crippen LogP contribution in [0.15, 0.2) is 103 Å². The number of benzene rings is 3. The van der Waals surface area contributed by atoms with Crippen molar-refractivity contribution in [1.29, 1.82) is 0 Å². The molecule has 3 aromatic carbocycles. The molecule has 1 aliphatic rings. The van der Waals surface area contributed by atoms with Gasteiger partial charge in [-0.05, 0) is 42.0 Å².